The summed E-state index contributed by atoms with van der Waals surface area (Å²) in [5.41, 5.74) is 0.804. The Morgan fingerprint density at radius 1 is 1.06 bits per heavy atom. The zero-order chi connectivity index (χ0) is 24.8. The Kier molecular flexibility index (Phi) is 8.34. The number of rotatable bonds is 8. The molecule has 7 heteroatoms. The maximum atomic E-state index is 13.7. The smallest absolute Gasteiger partial charge is 0.338 e. The minimum Gasteiger partial charge on any atom is -0.462 e. The second-order valence-corrected chi connectivity index (χ2v) is 10.4. The highest BCUT2D eigenvalue weighted by atomic mass is 16.5. The second kappa shape index (κ2) is 11.4. The van der Waals surface area contributed by atoms with Crippen molar-refractivity contribution in [3.8, 4) is 0 Å². The van der Waals surface area contributed by atoms with Gasteiger partial charge in [0.2, 0.25) is 11.8 Å². The van der Waals surface area contributed by atoms with E-state index in [9.17, 15) is 14.4 Å². The van der Waals surface area contributed by atoms with Gasteiger partial charge in [-0.2, -0.15) is 0 Å². The van der Waals surface area contributed by atoms with Crippen LogP contribution in [0.25, 0.3) is 0 Å². The summed E-state index contributed by atoms with van der Waals surface area (Å²) in [4.78, 5) is 43.4. The number of unbranched alkanes of at least 4 members (excludes halogenated alkanes) is 1. The number of piperazine rings is 1. The molecule has 3 aliphatic rings. The zero-order valence-corrected chi connectivity index (χ0v) is 21.4. The normalized spacial score (nSPS) is 22.9. The Morgan fingerprint density at radius 2 is 1.74 bits per heavy atom. The van der Waals surface area contributed by atoms with Crippen molar-refractivity contribution in [2.75, 3.05) is 31.1 Å². The molecule has 2 heterocycles. The van der Waals surface area contributed by atoms with Gasteiger partial charge in [-0.05, 0) is 62.8 Å². The first kappa shape index (κ1) is 25.5. The van der Waals surface area contributed by atoms with E-state index in [2.05, 4.69) is 17.1 Å². The Morgan fingerprint density at radius 3 is 2.37 bits per heavy atom. The van der Waals surface area contributed by atoms with Crippen molar-refractivity contribution >= 4 is 23.5 Å². The molecular formula is C28H41N3O4. The summed E-state index contributed by atoms with van der Waals surface area (Å²) in [5, 5.41) is 3.17. The standard InChI is InChI=1S/C28H41N3O4/c1-3-5-17-31-25(32)24(20-21-9-7-6-8-10-21)29-27(34)28(31)15-18-30(19-16-28)23-13-11-22(12-14-23)26(33)35-4-2/h11-14,21,24H,3-10,15-20H2,1-2H3,(H,29,34)/t24-/m0/s1. The van der Waals surface area contributed by atoms with Crippen LogP contribution in [0.1, 0.15) is 88.4 Å². The SMILES string of the molecule is CCCCN1C(=O)[C@H](CC2CCCCC2)NC(=O)C12CCN(c1ccc(C(=O)OCC)cc1)CC2. The summed E-state index contributed by atoms with van der Waals surface area (Å²) in [6.07, 6.45) is 10.0. The van der Waals surface area contributed by atoms with Crippen LogP contribution >= 0.6 is 0 Å². The van der Waals surface area contributed by atoms with E-state index in [1.807, 2.05) is 17.0 Å². The molecule has 2 saturated heterocycles. The summed E-state index contributed by atoms with van der Waals surface area (Å²) >= 11 is 0. The van der Waals surface area contributed by atoms with Gasteiger partial charge in [0, 0.05) is 25.3 Å². The molecule has 2 amide bonds. The van der Waals surface area contributed by atoms with Gasteiger partial charge in [0.15, 0.2) is 0 Å². The third-order valence-corrected chi connectivity index (χ3v) is 8.17. The van der Waals surface area contributed by atoms with Crippen LogP contribution in [0.15, 0.2) is 24.3 Å². The quantitative estimate of drug-likeness (QED) is 0.558. The average Bonchev–Trinajstić information content (AvgIpc) is 2.89. The molecule has 0 aromatic heterocycles. The van der Waals surface area contributed by atoms with E-state index < -0.39 is 5.54 Å². The first-order valence-corrected chi connectivity index (χ1v) is 13.6. The van der Waals surface area contributed by atoms with Crippen molar-refractivity contribution < 1.29 is 19.1 Å². The van der Waals surface area contributed by atoms with Crippen molar-refractivity contribution in [1.82, 2.24) is 10.2 Å². The molecule has 1 spiro atoms. The third-order valence-electron chi connectivity index (χ3n) is 8.17. The van der Waals surface area contributed by atoms with E-state index in [1.54, 1.807) is 19.1 Å². The molecule has 1 aromatic rings. The molecule has 1 atom stereocenters. The number of nitrogens with zero attached hydrogens (tertiary/aromatic N) is 2. The molecule has 3 fully saturated rings. The number of nitrogens with one attached hydrogen (secondary N) is 1. The van der Waals surface area contributed by atoms with Gasteiger partial charge in [-0.1, -0.05) is 45.4 Å². The van der Waals surface area contributed by atoms with Gasteiger partial charge in [0.25, 0.3) is 0 Å². The molecule has 0 bridgehead atoms. The van der Waals surface area contributed by atoms with Gasteiger partial charge < -0.3 is 19.9 Å². The van der Waals surface area contributed by atoms with Gasteiger partial charge in [-0.3, -0.25) is 9.59 Å². The number of piperidine rings is 1. The highest BCUT2D eigenvalue weighted by Gasteiger charge is 2.53. The fraction of sp³-hybridized carbons (Fsp3) is 0.679. The first-order chi connectivity index (χ1) is 17.0. The van der Waals surface area contributed by atoms with Gasteiger partial charge in [0.1, 0.15) is 11.6 Å². The van der Waals surface area contributed by atoms with E-state index in [4.69, 9.17) is 4.74 Å². The van der Waals surface area contributed by atoms with Crippen molar-refractivity contribution in [3.63, 3.8) is 0 Å². The van der Waals surface area contributed by atoms with Crippen LogP contribution in [0.3, 0.4) is 0 Å². The van der Waals surface area contributed by atoms with Gasteiger partial charge in [-0.25, -0.2) is 4.79 Å². The van der Waals surface area contributed by atoms with E-state index in [0.29, 0.717) is 50.6 Å². The van der Waals surface area contributed by atoms with Crippen LogP contribution in [-0.2, 0) is 14.3 Å². The van der Waals surface area contributed by atoms with E-state index in [-0.39, 0.29) is 23.8 Å². The molecule has 4 rings (SSSR count). The van der Waals surface area contributed by atoms with Crippen LogP contribution in [-0.4, -0.2) is 60.5 Å². The lowest BCUT2D eigenvalue weighted by molar-refractivity contribution is -0.160. The lowest BCUT2D eigenvalue weighted by Gasteiger charge is -2.52. The molecule has 192 valence electrons. The number of benzene rings is 1. The van der Waals surface area contributed by atoms with Crippen molar-refractivity contribution in [3.05, 3.63) is 29.8 Å². The first-order valence-electron chi connectivity index (χ1n) is 13.6. The predicted octanol–water partition coefficient (Wildman–Crippen LogP) is 4.30. The van der Waals surface area contributed by atoms with Gasteiger partial charge in [0.05, 0.1) is 12.2 Å². The molecule has 1 N–H and O–H groups in total. The lowest BCUT2D eigenvalue weighted by atomic mass is 9.79. The van der Waals surface area contributed by atoms with Crippen LogP contribution in [0.5, 0.6) is 0 Å². The summed E-state index contributed by atoms with van der Waals surface area (Å²) in [7, 11) is 0. The summed E-state index contributed by atoms with van der Waals surface area (Å²) in [5.74, 6) is 0.380. The minimum absolute atomic E-state index is 0.0336. The summed E-state index contributed by atoms with van der Waals surface area (Å²) in [6.45, 7) is 6.31. The molecule has 1 saturated carbocycles. The summed E-state index contributed by atoms with van der Waals surface area (Å²) in [6, 6.07) is 7.08. The van der Waals surface area contributed by atoms with Gasteiger partial charge >= 0.3 is 5.97 Å². The van der Waals surface area contributed by atoms with Crippen molar-refractivity contribution in [2.45, 2.75) is 89.6 Å². The lowest BCUT2D eigenvalue weighted by Crippen LogP contribution is -2.73. The average molecular weight is 484 g/mol. The number of amides is 2. The highest BCUT2D eigenvalue weighted by molar-refractivity contribution is 6.00. The number of carbonyl (C=O) groups excluding carboxylic acids is 3. The number of anilines is 1. The molecule has 1 aliphatic carbocycles. The molecule has 2 aliphatic heterocycles. The topological polar surface area (TPSA) is 79.0 Å². The fourth-order valence-corrected chi connectivity index (χ4v) is 6.09. The number of carbonyl (C=O) groups is 3. The second-order valence-electron chi connectivity index (χ2n) is 10.4. The summed E-state index contributed by atoms with van der Waals surface area (Å²) < 4.78 is 5.08. The minimum atomic E-state index is -0.753. The maximum absolute atomic E-state index is 13.7. The Balaban J connectivity index is 1.45. The molecule has 1 aromatic carbocycles. The largest absolute Gasteiger partial charge is 0.462 e. The van der Waals surface area contributed by atoms with Gasteiger partial charge in [-0.15, -0.1) is 0 Å². The molecule has 0 radical (unpaired) electrons. The number of hydrogen-bond acceptors (Lipinski definition) is 5. The monoisotopic (exact) mass is 483 g/mol. The predicted molar refractivity (Wildman–Crippen MR) is 136 cm³/mol. The van der Waals surface area contributed by atoms with Crippen molar-refractivity contribution in [2.24, 2.45) is 5.92 Å². The highest BCUT2D eigenvalue weighted by Crippen LogP contribution is 2.37. The van der Waals surface area contributed by atoms with E-state index >= 15 is 0 Å². The van der Waals surface area contributed by atoms with E-state index in [0.717, 1.165) is 24.9 Å². The zero-order valence-electron chi connectivity index (χ0n) is 21.4. The number of ether oxygens (including phenoxy) is 1. The molecule has 35 heavy (non-hydrogen) atoms. The third kappa shape index (κ3) is 5.49. The van der Waals surface area contributed by atoms with E-state index in [1.165, 1.54) is 32.1 Å². The molecular weight excluding hydrogens is 442 g/mol. The van der Waals surface area contributed by atoms with Crippen molar-refractivity contribution in [1.29, 1.82) is 0 Å². The van der Waals surface area contributed by atoms with Crippen LogP contribution in [0.4, 0.5) is 5.69 Å². The number of hydrogen-bond donors (Lipinski definition) is 1. The van der Waals surface area contributed by atoms with Crippen LogP contribution < -0.4 is 10.2 Å². The fourth-order valence-electron chi connectivity index (χ4n) is 6.09. The Hall–Kier alpha value is -2.57. The Labute approximate surface area is 209 Å². The Bertz CT molecular complexity index is 886. The van der Waals surface area contributed by atoms with Crippen LogP contribution in [0.2, 0.25) is 0 Å². The van der Waals surface area contributed by atoms with Crippen LogP contribution in [0, 0.1) is 5.92 Å². The molecule has 7 nitrogen and oxygen atoms in total. The maximum Gasteiger partial charge on any atom is 0.338 e. The number of esters is 1. The molecule has 0 unspecified atom stereocenters.